The second-order valence-corrected chi connectivity index (χ2v) is 5.80. The van der Waals surface area contributed by atoms with Crippen molar-refractivity contribution < 1.29 is 9.90 Å². The van der Waals surface area contributed by atoms with E-state index in [1.807, 2.05) is 11.8 Å². The highest BCUT2D eigenvalue weighted by Crippen LogP contribution is 2.37. The first-order valence-corrected chi connectivity index (χ1v) is 6.51. The zero-order chi connectivity index (χ0) is 11.8. The molecule has 2 rings (SSSR count). The zero-order valence-corrected chi connectivity index (χ0v) is 10.4. The third-order valence-corrected chi connectivity index (χ3v) is 4.09. The van der Waals surface area contributed by atoms with E-state index in [-0.39, 0.29) is 5.92 Å². The molecule has 2 fully saturated rings. The van der Waals surface area contributed by atoms with E-state index in [4.69, 9.17) is 0 Å². The summed E-state index contributed by atoms with van der Waals surface area (Å²) < 4.78 is 0. The lowest BCUT2D eigenvalue weighted by Gasteiger charge is -2.25. The Morgan fingerprint density at radius 1 is 1.38 bits per heavy atom. The van der Waals surface area contributed by atoms with Gasteiger partial charge in [-0.15, -0.1) is 0 Å². The molecule has 1 N–H and O–H groups in total. The Labute approximate surface area is 97.8 Å². The SMILES string of the molecule is CC(C(=O)N1CCCC(C)(O)CC1)C1CC1. The Balaban J connectivity index is 1.91. The Kier molecular flexibility index (Phi) is 3.24. The lowest BCUT2D eigenvalue weighted by molar-refractivity contribution is -0.135. The van der Waals surface area contributed by atoms with Crippen LogP contribution < -0.4 is 0 Å². The van der Waals surface area contributed by atoms with Crippen LogP contribution in [0.1, 0.15) is 46.0 Å². The molecule has 16 heavy (non-hydrogen) atoms. The van der Waals surface area contributed by atoms with Gasteiger partial charge in [-0.2, -0.15) is 0 Å². The topological polar surface area (TPSA) is 40.5 Å². The minimum absolute atomic E-state index is 0.197. The number of hydrogen-bond acceptors (Lipinski definition) is 2. The van der Waals surface area contributed by atoms with Crippen molar-refractivity contribution in [2.45, 2.75) is 51.6 Å². The molecule has 2 atom stereocenters. The molecule has 1 aliphatic heterocycles. The van der Waals surface area contributed by atoms with Crippen molar-refractivity contribution in [3.8, 4) is 0 Å². The van der Waals surface area contributed by atoms with E-state index in [1.54, 1.807) is 0 Å². The number of rotatable bonds is 2. The van der Waals surface area contributed by atoms with Gasteiger partial charge in [-0.3, -0.25) is 4.79 Å². The fourth-order valence-electron chi connectivity index (χ4n) is 2.57. The zero-order valence-electron chi connectivity index (χ0n) is 10.4. The van der Waals surface area contributed by atoms with Crippen molar-refractivity contribution in [1.29, 1.82) is 0 Å². The van der Waals surface area contributed by atoms with Crippen LogP contribution in [0.4, 0.5) is 0 Å². The second-order valence-electron chi connectivity index (χ2n) is 5.80. The molecule has 0 spiro atoms. The quantitative estimate of drug-likeness (QED) is 0.778. The lowest BCUT2D eigenvalue weighted by atomic mass is 9.98. The lowest BCUT2D eigenvalue weighted by Crippen LogP contribution is -2.37. The van der Waals surface area contributed by atoms with Gasteiger partial charge in [0.15, 0.2) is 0 Å². The van der Waals surface area contributed by atoms with E-state index in [0.29, 0.717) is 11.8 Å². The van der Waals surface area contributed by atoms with E-state index in [9.17, 15) is 9.90 Å². The van der Waals surface area contributed by atoms with Gasteiger partial charge in [0.05, 0.1) is 5.60 Å². The summed E-state index contributed by atoms with van der Waals surface area (Å²) in [5.41, 5.74) is -0.572. The molecule has 2 unspecified atom stereocenters. The molecule has 1 heterocycles. The van der Waals surface area contributed by atoms with Crippen molar-refractivity contribution in [3.05, 3.63) is 0 Å². The summed E-state index contributed by atoms with van der Waals surface area (Å²) >= 11 is 0. The molecule has 3 nitrogen and oxygen atoms in total. The standard InChI is InChI=1S/C13H23NO2/c1-10(11-4-5-11)12(15)14-8-3-6-13(2,16)7-9-14/h10-11,16H,3-9H2,1-2H3. The van der Waals surface area contributed by atoms with Crippen molar-refractivity contribution in [2.24, 2.45) is 11.8 Å². The molecule has 92 valence electrons. The summed E-state index contributed by atoms with van der Waals surface area (Å²) in [5, 5.41) is 9.98. The van der Waals surface area contributed by atoms with Crippen LogP contribution in [0.5, 0.6) is 0 Å². The van der Waals surface area contributed by atoms with E-state index < -0.39 is 5.60 Å². The number of likely N-dealkylation sites (tertiary alicyclic amines) is 1. The van der Waals surface area contributed by atoms with Gasteiger partial charge in [-0.05, 0) is 44.9 Å². The van der Waals surface area contributed by atoms with Crippen molar-refractivity contribution in [1.82, 2.24) is 4.90 Å². The normalized spacial score (nSPS) is 33.3. The maximum atomic E-state index is 12.2. The molecule has 1 saturated heterocycles. The summed E-state index contributed by atoms with van der Waals surface area (Å²) in [4.78, 5) is 14.2. The fourth-order valence-corrected chi connectivity index (χ4v) is 2.57. The molecule has 2 aliphatic rings. The van der Waals surface area contributed by atoms with Crippen LogP contribution in [-0.4, -0.2) is 34.6 Å². The van der Waals surface area contributed by atoms with E-state index >= 15 is 0 Å². The molecule has 1 saturated carbocycles. The molecular formula is C13H23NO2. The minimum atomic E-state index is -0.572. The highest BCUT2D eigenvalue weighted by Gasteiger charge is 2.36. The van der Waals surface area contributed by atoms with Crippen LogP contribution in [0, 0.1) is 11.8 Å². The van der Waals surface area contributed by atoms with Gasteiger partial charge in [-0.1, -0.05) is 6.92 Å². The van der Waals surface area contributed by atoms with Crippen molar-refractivity contribution in [3.63, 3.8) is 0 Å². The third-order valence-electron chi connectivity index (χ3n) is 4.09. The van der Waals surface area contributed by atoms with Crippen molar-refractivity contribution >= 4 is 5.91 Å². The summed E-state index contributed by atoms with van der Waals surface area (Å²) in [5.74, 6) is 1.14. The smallest absolute Gasteiger partial charge is 0.225 e. The summed E-state index contributed by atoms with van der Waals surface area (Å²) in [7, 11) is 0. The van der Waals surface area contributed by atoms with Gasteiger partial charge < -0.3 is 10.0 Å². The molecule has 1 amide bonds. The Hall–Kier alpha value is -0.570. The number of nitrogens with zero attached hydrogens (tertiary/aromatic N) is 1. The summed E-state index contributed by atoms with van der Waals surface area (Å²) in [6, 6.07) is 0. The Morgan fingerprint density at radius 3 is 2.69 bits per heavy atom. The largest absolute Gasteiger partial charge is 0.390 e. The predicted octanol–water partition coefficient (Wildman–Crippen LogP) is 1.80. The highest BCUT2D eigenvalue weighted by atomic mass is 16.3. The first-order chi connectivity index (χ1) is 7.49. The number of carbonyl (C=O) groups excluding carboxylic acids is 1. The summed E-state index contributed by atoms with van der Waals surface area (Å²) in [6.07, 6.45) is 4.90. The van der Waals surface area contributed by atoms with Crippen molar-refractivity contribution in [2.75, 3.05) is 13.1 Å². The van der Waals surface area contributed by atoms with Crippen LogP contribution in [-0.2, 0) is 4.79 Å². The molecular weight excluding hydrogens is 202 g/mol. The molecule has 0 aromatic carbocycles. The highest BCUT2D eigenvalue weighted by molar-refractivity contribution is 5.79. The average Bonchev–Trinajstić information content (AvgIpc) is 3.03. The monoisotopic (exact) mass is 225 g/mol. The first-order valence-electron chi connectivity index (χ1n) is 6.51. The number of hydrogen-bond donors (Lipinski definition) is 1. The van der Waals surface area contributed by atoms with E-state index in [2.05, 4.69) is 6.92 Å². The molecule has 0 aromatic rings. The van der Waals surface area contributed by atoms with Crippen LogP contribution in [0.15, 0.2) is 0 Å². The van der Waals surface area contributed by atoms with Gasteiger partial charge in [0.25, 0.3) is 0 Å². The van der Waals surface area contributed by atoms with Gasteiger partial charge in [0.2, 0.25) is 5.91 Å². The molecule has 1 aliphatic carbocycles. The molecule has 0 bridgehead atoms. The molecule has 0 radical (unpaired) electrons. The maximum absolute atomic E-state index is 12.2. The van der Waals surface area contributed by atoms with Gasteiger partial charge >= 0.3 is 0 Å². The number of aliphatic hydroxyl groups is 1. The third kappa shape index (κ3) is 2.76. The Bertz CT molecular complexity index is 271. The van der Waals surface area contributed by atoms with Gasteiger partial charge in [0.1, 0.15) is 0 Å². The minimum Gasteiger partial charge on any atom is -0.390 e. The van der Waals surface area contributed by atoms with Gasteiger partial charge in [0, 0.05) is 19.0 Å². The number of carbonyl (C=O) groups is 1. The van der Waals surface area contributed by atoms with Crippen LogP contribution in [0.25, 0.3) is 0 Å². The second kappa shape index (κ2) is 4.36. The average molecular weight is 225 g/mol. The molecule has 0 aromatic heterocycles. The van der Waals surface area contributed by atoms with Crippen LogP contribution in [0.3, 0.4) is 0 Å². The fraction of sp³-hybridized carbons (Fsp3) is 0.923. The first kappa shape index (κ1) is 11.9. The van der Waals surface area contributed by atoms with Crippen LogP contribution >= 0.6 is 0 Å². The van der Waals surface area contributed by atoms with Crippen LogP contribution in [0.2, 0.25) is 0 Å². The number of amides is 1. The van der Waals surface area contributed by atoms with E-state index in [1.165, 1.54) is 12.8 Å². The summed E-state index contributed by atoms with van der Waals surface area (Å²) in [6.45, 7) is 5.49. The Morgan fingerprint density at radius 2 is 2.06 bits per heavy atom. The van der Waals surface area contributed by atoms with Gasteiger partial charge in [-0.25, -0.2) is 0 Å². The molecule has 3 heteroatoms. The predicted molar refractivity (Wildman–Crippen MR) is 62.9 cm³/mol. The van der Waals surface area contributed by atoms with E-state index in [0.717, 1.165) is 32.4 Å². The maximum Gasteiger partial charge on any atom is 0.225 e.